The number of nitrogens with zero attached hydrogens (tertiary/aromatic N) is 1. The van der Waals surface area contributed by atoms with Crippen LogP contribution < -0.4 is 4.74 Å². The predicted molar refractivity (Wildman–Crippen MR) is 129 cm³/mol. The number of carboxylic acid groups (broad SMARTS) is 1. The fourth-order valence-electron chi connectivity index (χ4n) is 6.67. The van der Waals surface area contributed by atoms with Crippen molar-refractivity contribution in [3.05, 3.63) is 41.5 Å². The molecule has 38 heavy (non-hydrogen) atoms. The fraction of sp³-hybridized carbons (Fsp3) is 0.607. The summed E-state index contributed by atoms with van der Waals surface area (Å²) in [5.41, 5.74) is -0.198. The fourth-order valence-corrected chi connectivity index (χ4v) is 6.67. The van der Waals surface area contributed by atoms with E-state index in [0.29, 0.717) is 30.3 Å². The van der Waals surface area contributed by atoms with Crippen molar-refractivity contribution in [3.8, 4) is 5.75 Å². The Morgan fingerprint density at radius 2 is 1.55 bits per heavy atom. The molecule has 1 aliphatic carbocycles. The van der Waals surface area contributed by atoms with E-state index in [9.17, 15) is 36.2 Å². The van der Waals surface area contributed by atoms with Gasteiger partial charge in [0.2, 0.25) is 0 Å². The smallest absolute Gasteiger partial charge is 0.420 e. The Labute approximate surface area is 216 Å². The molecule has 2 aromatic carbocycles. The second kappa shape index (κ2) is 10.2. The summed E-state index contributed by atoms with van der Waals surface area (Å²) in [6.07, 6.45) is -6.10. The van der Waals surface area contributed by atoms with Crippen molar-refractivity contribution in [1.82, 2.24) is 4.90 Å². The lowest BCUT2D eigenvalue weighted by Crippen LogP contribution is -2.52. The molecule has 2 bridgehead atoms. The van der Waals surface area contributed by atoms with Crippen molar-refractivity contribution in [2.75, 3.05) is 0 Å². The quantitative estimate of drug-likeness (QED) is 0.395. The Bertz CT molecular complexity index is 1160. The van der Waals surface area contributed by atoms with Crippen molar-refractivity contribution in [3.63, 3.8) is 0 Å². The SMILES string of the molecule is O=C(O)C1CC2CCCC(C1)N2Cc1ccc2ccc(OC3CCC(C(F)(F)F)CC3)c(C(F)(F)F)c2c1. The number of ether oxygens (including phenoxy) is 1. The number of carbonyl (C=O) groups is 1. The van der Waals surface area contributed by atoms with Gasteiger partial charge in [-0.15, -0.1) is 0 Å². The molecule has 2 aromatic rings. The van der Waals surface area contributed by atoms with Crippen LogP contribution in [-0.4, -0.2) is 40.3 Å². The van der Waals surface area contributed by atoms with E-state index in [4.69, 9.17) is 4.74 Å². The van der Waals surface area contributed by atoms with Crippen molar-refractivity contribution < 1.29 is 41.0 Å². The molecular weight excluding hydrogens is 512 g/mol. The summed E-state index contributed by atoms with van der Waals surface area (Å²) < 4.78 is 87.8. The first kappa shape index (κ1) is 27.1. The molecule has 5 rings (SSSR count). The van der Waals surface area contributed by atoms with Gasteiger partial charge in [-0.1, -0.05) is 24.6 Å². The number of alkyl halides is 6. The molecule has 0 spiro atoms. The Hall–Kier alpha value is -2.49. The molecule has 3 aliphatic rings. The lowest BCUT2D eigenvalue weighted by Gasteiger charge is -2.48. The van der Waals surface area contributed by atoms with Crippen LogP contribution in [0.25, 0.3) is 10.8 Å². The van der Waals surface area contributed by atoms with E-state index < -0.39 is 35.9 Å². The van der Waals surface area contributed by atoms with E-state index in [0.717, 1.165) is 19.3 Å². The maximum Gasteiger partial charge on any atom is 0.420 e. The molecule has 10 heteroatoms. The summed E-state index contributed by atoms with van der Waals surface area (Å²) in [5, 5.41) is 9.90. The third-order valence-electron chi connectivity index (χ3n) is 8.60. The van der Waals surface area contributed by atoms with Crippen LogP contribution in [-0.2, 0) is 17.5 Å². The van der Waals surface area contributed by atoms with Crippen LogP contribution in [0.15, 0.2) is 30.3 Å². The average molecular weight is 544 g/mol. The van der Waals surface area contributed by atoms with Crippen LogP contribution in [0.2, 0.25) is 0 Å². The van der Waals surface area contributed by atoms with Crippen LogP contribution in [0, 0.1) is 11.8 Å². The predicted octanol–water partition coefficient (Wildman–Crippen LogP) is 7.58. The summed E-state index contributed by atoms with van der Waals surface area (Å²) in [4.78, 5) is 13.8. The second-order valence-corrected chi connectivity index (χ2v) is 11.0. The zero-order valence-electron chi connectivity index (χ0n) is 20.8. The van der Waals surface area contributed by atoms with Crippen LogP contribution >= 0.6 is 0 Å². The second-order valence-electron chi connectivity index (χ2n) is 11.0. The molecule has 0 aromatic heterocycles. The Morgan fingerprint density at radius 3 is 2.13 bits per heavy atom. The van der Waals surface area contributed by atoms with Crippen molar-refractivity contribution >= 4 is 16.7 Å². The van der Waals surface area contributed by atoms with Gasteiger partial charge in [-0.25, -0.2) is 0 Å². The summed E-state index contributed by atoms with van der Waals surface area (Å²) in [7, 11) is 0. The van der Waals surface area contributed by atoms with Crippen LogP contribution in [0.5, 0.6) is 5.75 Å². The molecule has 3 fully saturated rings. The zero-order chi connectivity index (χ0) is 27.2. The van der Waals surface area contributed by atoms with Gasteiger partial charge in [0.1, 0.15) is 11.3 Å². The molecular formula is C28H31F6NO3. The lowest BCUT2D eigenvalue weighted by atomic mass is 9.78. The number of aliphatic carboxylic acids is 1. The first-order valence-electron chi connectivity index (χ1n) is 13.2. The molecule has 1 N–H and O–H groups in total. The Kier molecular flexibility index (Phi) is 7.30. The summed E-state index contributed by atoms with van der Waals surface area (Å²) in [5.74, 6) is -2.97. The van der Waals surface area contributed by atoms with Gasteiger partial charge in [0.05, 0.1) is 17.9 Å². The molecule has 0 radical (unpaired) electrons. The van der Waals surface area contributed by atoms with Crippen molar-refractivity contribution in [2.24, 2.45) is 11.8 Å². The van der Waals surface area contributed by atoms with Gasteiger partial charge >= 0.3 is 18.3 Å². The van der Waals surface area contributed by atoms with Crippen molar-refractivity contribution in [2.45, 2.75) is 94.9 Å². The summed E-state index contributed by atoms with van der Waals surface area (Å²) >= 11 is 0. The minimum atomic E-state index is -4.72. The number of piperidine rings is 2. The average Bonchev–Trinajstić information content (AvgIpc) is 2.82. The highest BCUT2D eigenvalue weighted by molar-refractivity contribution is 5.89. The molecule has 2 aliphatic heterocycles. The molecule has 2 atom stereocenters. The standard InChI is InChI=1S/C28H31F6NO3/c29-27(30,31)19-7-9-22(10-8-19)38-24-11-6-17-5-4-16(12-23(17)25(24)28(32,33)34)15-35-20-2-1-3-21(35)14-18(13-20)26(36)37/h4-6,11-12,18-22H,1-3,7-10,13-15H2,(H,36,37). The van der Waals surface area contributed by atoms with Gasteiger partial charge in [-0.05, 0) is 79.8 Å². The molecule has 0 amide bonds. The number of rotatable bonds is 5. The van der Waals surface area contributed by atoms with Gasteiger partial charge in [-0.3, -0.25) is 9.69 Å². The van der Waals surface area contributed by atoms with Gasteiger partial charge in [0.15, 0.2) is 0 Å². The van der Waals surface area contributed by atoms with E-state index in [1.165, 1.54) is 12.1 Å². The first-order valence-corrected chi connectivity index (χ1v) is 13.2. The highest BCUT2D eigenvalue weighted by Gasteiger charge is 2.43. The topological polar surface area (TPSA) is 49.8 Å². The maximum atomic E-state index is 14.4. The highest BCUT2D eigenvalue weighted by Crippen LogP contribution is 2.45. The Morgan fingerprint density at radius 1 is 0.921 bits per heavy atom. The minimum absolute atomic E-state index is 0.00191. The molecule has 4 nitrogen and oxygen atoms in total. The maximum absolute atomic E-state index is 14.4. The molecule has 2 saturated heterocycles. The number of benzene rings is 2. The molecule has 2 unspecified atom stereocenters. The first-order chi connectivity index (χ1) is 17.9. The van der Waals surface area contributed by atoms with E-state index >= 15 is 0 Å². The molecule has 208 valence electrons. The molecule has 1 saturated carbocycles. The number of carboxylic acids is 1. The number of halogens is 6. The lowest BCUT2D eigenvalue weighted by molar-refractivity contribution is -0.185. The Balaban J connectivity index is 1.40. The minimum Gasteiger partial charge on any atom is -0.490 e. The van der Waals surface area contributed by atoms with Crippen LogP contribution in [0.1, 0.15) is 68.9 Å². The number of fused-ring (bicyclic) bond motifs is 3. The van der Waals surface area contributed by atoms with E-state index in [-0.39, 0.29) is 54.8 Å². The van der Waals surface area contributed by atoms with Gasteiger partial charge in [0, 0.05) is 18.6 Å². The van der Waals surface area contributed by atoms with Gasteiger partial charge in [0.25, 0.3) is 0 Å². The monoisotopic (exact) mass is 543 g/mol. The third kappa shape index (κ3) is 5.60. The largest absolute Gasteiger partial charge is 0.490 e. The van der Waals surface area contributed by atoms with Gasteiger partial charge in [-0.2, -0.15) is 26.3 Å². The van der Waals surface area contributed by atoms with E-state index in [1.807, 2.05) is 0 Å². The van der Waals surface area contributed by atoms with Gasteiger partial charge < -0.3 is 9.84 Å². The number of hydrogen-bond donors (Lipinski definition) is 1. The van der Waals surface area contributed by atoms with Crippen LogP contribution in [0.4, 0.5) is 26.3 Å². The van der Waals surface area contributed by atoms with Crippen molar-refractivity contribution in [1.29, 1.82) is 0 Å². The summed E-state index contributed by atoms with van der Waals surface area (Å²) in [6.45, 7) is 0.432. The third-order valence-corrected chi connectivity index (χ3v) is 8.60. The molecule has 2 heterocycles. The number of hydrogen-bond acceptors (Lipinski definition) is 3. The van der Waals surface area contributed by atoms with E-state index in [1.54, 1.807) is 18.2 Å². The van der Waals surface area contributed by atoms with Crippen LogP contribution in [0.3, 0.4) is 0 Å². The normalized spacial score (nSPS) is 28.8. The highest BCUT2D eigenvalue weighted by atomic mass is 19.4. The van der Waals surface area contributed by atoms with E-state index in [2.05, 4.69) is 4.90 Å². The summed E-state index contributed by atoms with van der Waals surface area (Å²) in [6, 6.07) is 7.98. The zero-order valence-corrected chi connectivity index (χ0v) is 20.8.